The van der Waals surface area contributed by atoms with E-state index in [1.165, 1.54) is 0 Å². The maximum Gasteiger partial charge on any atom is 0.162 e. The summed E-state index contributed by atoms with van der Waals surface area (Å²) in [5.74, 6) is 0.529. The van der Waals surface area contributed by atoms with E-state index in [4.69, 9.17) is 16.3 Å². The smallest absolute Gasteiger partial charge is 0.162 e. The highest BCUT2D eigenvalue weighted by atomic mass is 35.5. The Bertz CT molecular complexity index is 308. The van der Waals surface area contributed by atoms with Crippen molar-refractivity contribution in [1.29, 1.82) is 0 Å². The van der Waals surface area contributed by atoms with Gasteiger partial charge in [0.25, 0.3) is 0 Å². The maximum absolute atomic E-state index is 10.6. The molecule has 0 spiro atoms. The van der Waals surface area contributed by atoms with Crippen LogP contribution in [0.4, 0.5) is 0 Å². The third kappa shape index (κ3) is 2.74. The highest BCUT2D eigenvalue weighted by Gasteiger charge is 2.19. The molecule has 0 bridgehead atoms. The molecule has 2 nitrogen and oxygen atoms in total. The minimum absolute atomic E-state index is 0.512. The van der Waals surface area contributed by atoms with E-state index < -0.39 is 5.60 Å². The number of hydrogen-bond donors (Lipinski definition) is 0. The summed E-state index contributed by atoms with van der Waals surface area (Å²) in [6.45, 7) is 3.37. The number of carbonyl (C=O) groups excluding carboxylic acids is 1. The molecule has 0 aliphatic heterocycles. The zero-order valence-electron chi connectivity index (χ0n) is 7.58. The molecule has 0 radical (unpaired) electrons. The lowest BCUT2D eigenvalue weighted by Gasteiger charge is -2.20. The monoisotopic (exact) mass is 198 g/mol. The molecule has 0 aliphatic carbocycles. The SMILES string of the molecule is CC(C)(C=O)Oc1ccccc1Cl. The van der Waals surface area contributed by atoms with Crippen molar-refractivity contribution >= 4 is 17.9 Å². The predicted octanol–water partition coefficient (Wildman–Crippen LogP) is 2.70. The van der Waals surface area contributed by atoms with Crippen molar-refractivity contribution in [2.24, 2.45) is 0 Å². The van der Waals surface area contributed by atoms with Crippen LogP contribution in [0.15, 0.2) is 24.3 Å². The molecule has 0 saturated carbocycles. The van der Waals surface area contributed by atoms with E-state index in [1.54, 1.807) is 26.0 Å². The standard InChI is InChI=1S/C10H11ClO2/c1-10(2,7-12)13-9-6-4-3-5-8(9)11/h3-7H,1-2H3. The first-order chi connectivity index (χ1) is 6.05. The largest absolute Gasteiger partial charge is 0.479 e. The van der Waals surface area contributed by atoms with Gasteiger partial charge >= 0.3 is 0 Å². The van der Waals surface area contributed by atoms with Gasteiger partial charge in [0.2, 0.25) is 0 Å². The van der Waals surface area contributed by atoms with E-state index >= 15 is 0 Å². The molecule has 0 fully saturated rings. The van der Waals surface area contributed by atoms with Gasteiger partial charge in [0.15, 0.2) is 11.9 Å². The van der Waals surface area contributed by atoms with Crippen LogP contribution in [-0.4, -0.2) is 11.9 Å². The van der Waals surface area contributed by atoms with Crippen molar-refractivity contribution < 1.29 is 9.53 Å². The van der Waals surface area contributed by atoms with Crippen LogP contribution in [0.1, 0.15) is 13.8 Å². The maximum atomic E-state index is 10.6. The Balaban J connectivity index is 2.86. The number of carbonyl (C=O) groups is 1. The molecular weight excluding hydrogens is 188 g/mol. The fourth-order valence-corrected chi connectivity index (χ4v) is 1.01. The van der Waals surface area contributed by atoms with Crippen LogP contribution in [-0.2, 0) is 4.79 Å². The molecule has 0 amide bonds. The summed E-state index contributed by atoms with van der Waals surface area (Å²) in [4.78, 5) is 10.6. The normalized spacial score (nSPS) is 11.0. The highest BCUT2D eigenvalue weighted by Crippen LogP contribution is 2.26. The van der Waals surface area contributed by atoms with E-state index in [-0.39, 0.29) is 0 Å². The van der Waals surface area contributed by atoms with Crippen LogP contribution in [0.5, 0.6) is 5.75 Å². The first-order valence-corrected chi connectivity index (χ1v) is 4.33. The first kappa shape index (κ1) is 10.1. The van der Waals surface area contributed by atoms with Gasteiger partial charge in [-0.2, -0.15) is 0 Å². The molecule has 13 heavy (non-hydrogen) atoms. The van der Waals surface area contributed by atoms with Crippen LogP contribution in [0, 0.1) is 0 Å². The summed E-state index contributed by atoms with van der Waals surface area (Å²) in [5, 5.41) is 0.512. The summed E-state index contributed by atoms with van der Waals surface area (Å²) in [6, 6.07) is 7.07. The fourth-order valence-electron chi connectivity index (χ4n) is 0.835. The van der Waals surface area contributed by atoms with E-state index in [1.807, 2.05) is 12.1 Å². The lowest BCUT2D eigenvalue weighted by atomic mass is 10.2. The topological polar surface area (TPSA) is 26.3 Å². The van der Waals surface area contributed by atoms with Gasteiger partial charge in [0.05, 0.1) is 5.02 Å². The van der Waals surface area contributed by atoms with Crippen LogP contribution < -0.4 is 4.74 Å². The van der Waals surface area contributed by atoms with Crippen LogP contribution >= 0.6 is 11.6 Å². The lowest BCUT2D eigenvalue weighted by Crippen LogP contribution is -2.29. The Morgan fingerprint density at radius 1 is 1.38 bits per heavy atom. The Kier molecular flexibility index (Phi) is 2.94. The summed E-state index contributed by atoms with van der Waals surface area (Å²) in [5.41, 5.74) is -0.828. The fraction of sp³-hybridized carbons (Fsp3) is 0.300. The zero-order chi connectivity index (χ0) is 9.90. The van der Waals surface area contributed by atoms with Crippen molar-refractivity contribution in [3.05, 3.63) is 29.3 Å². The second-order valence-corrected chi connectivity index (χ2v) is 3.66. The molecule has 0 aliphatic rings. The summed E-state index contributed by atoms with van der Waals surface area (Å²) >= 11 is 5.85. The first-order valence-electron chi connectivity index (χ1n) is 3.95. The molecule has 0 atom stereocenters. The van der Waals surface area contributed by atoms with Crippen molar-refractivity contribution in [3.63, 3.8) is 0 Å². The van der Waals surface area contributed by atoms with Gasteiger partial charge in [0.1, 0.15) is 5.75 Å². The Morgan fingerprint density at radius 2 is 2.00 bits per heavy atom. The van der Waals surface area contributed by atoms with Crippen molar-refractivity contribution in [3.8, 4) is 5.75 Å². The molecule has 1 rings (SSSR count). The number of hydrogen-bond acceptors (Lipinski definition) is 2. The second-order valence-electron chi connectivity index (χ2n) is 3.25. The van der Waals surface area contributed by atoms with Gasteiger partial charge in [-0.1, -0.05) is 23.7 Å². The molecular formula is C10H11ClO2. The Hall–Kier alpha value is -1.02. The molecule has 70 valence electrons. The molecule has 1 aromatic carbocycles. The summed E-state index contributed by atoms with van der Waals surface area (Å²) < 4.78 is 5.38. The number of ether oxygens (including phenoxy) is 1. The molecule has 3 heteroatoms. The van der Waals surface area contributed by atoms with Crippen LogP contribution in [0.25, 0.3) is 0 Å². The van der Waals surface area contributed by atoms with Gasteiger partial charge in [-0.3, -0.25) is 4.79 Å². The molecule has 1 aromatic rings. The van der Waals surface area contributed by atoms with Gasteiger partial charge in [0, 0.05) is 0 Å². The highest BCUT2D eigenvalue weighted by molar-refractivity contribution is 6.32. The molecule has 0 unspecified atom stereocenters. The van der Waals surface area contributed by atoms with Crippen molar-refractivity contribution in [2.45, 2.75) is 19.4 Å². The van der Waals surface area contributed by atoms with Crippen LogP contribution in [0.2, 0.25) is 5.02 Å². The van der Waals surface area contributed by atoms with E-state index in [9.17, 15) is 4.79 Å². The summed E-state index contributed by atoms with van der Waals surface area (Å²) in [7, 11) is 0. The lowest BCUT2D eigenvalue weighted by molar-refractivity contribution is -0.118. The van der Waals surface area contributed by atoms with E-state index in [0.717, 1.165) is 6.29 Å². The van der Waals surface area contributed by atoms with Crippen molar-refractivity contribution in [1.82, 2.24) is 0 Å². The summed E-state index contributed by atoms with van der Waals surface area (Å²) in [6.07, 6.45) is 0.746. The molecule has 0 saturated heterocycles. The number of halogens is 1. The Morgan fingerprint density at radius 3 is 2.54 bits per heavy atom. The molecule has 0 heterocycles. The molecule has 0 aromatic heterocycles. The minimum atomic E-state index is -0.828. The molecule has 0 N–H and O–H groups in total. The van der Waals surface area contributed by atoms with Crippen LogP contribution in [0.3, 0.4) is 0 Å². The van der Waals surface area contributed by atoms with Gasteiger partial charge in [-0.25, -0.2) is 0 Å². The van der Waals surface area contributed by atoms with Gasteiger partial charge in [-0.05, 0) is 26.0 Å². The third-order valence-corrected chi connectivity index (χ3v) is 1.81. The number of rotatable bonds is 3. The zero-order valence-corrected chi connectivity index (χ0v) is 8.34. The minimum Gasteiger partial charge on any atom is -0.479 e. The van der Waals surface area contributed by atoms with E-state index in [2.05, 4.69) is 0 Å². The number of aldehydes is 1. The van der Waals surface area contributed by atoms with E-state index in [0.29, 0.717) is 10.8 Å². The average Bonchev–Trinajstić information content (AvgIpc) is 2.09. The predicted molar refractivity (Wildman–Crippen MR) is 52.2 cm³/mol. The number of benzene rings is 1. The third-order valence-electron chi connectivity index (χ3n) is 1.49. The Labute approximate surface area is 82.5 Å². The number of para-hydroxylation sites is 1. The van der Waals surface area contributed by atoms with Crippen molar-refractivity contribution in [2.75, 3.05) is 0 Å². The average molecular weight is 199 g/mol. The second kappa shape index (κ2) is 3.79. The van der Waals surface area contributed by atoms with Gasteiger partial charge in [-0.15, -0.1) is 0 Å². The van der Waals surface area contributed by atoms with Gasteiger partial charge < -0.3 is 4.74 Å². The quantitative estimate of drug-likeness (QED) is 0.699.